The van der Waals surface area contributed by atoms with Gasteiger partial charge in [-0.2, -0.15) is 0 Å². The van der Waals surface area contributed by atoms with E-state index in [1.165, 1.54) is 16.7 Å². The van der Waals surface area contributed by atoms with Crippen LogP contribution in [0.3, 0.4) is 0 Å². The minimum atomic E-state index is -0.886. The van der Waals surface area contributed by atoms with Crippen LogP contribution in [-0.2, 0) is 9.53 Å². The van der Waals surface area contributed by atoms with Gasteiger partial charge in [0.05, 0.1) is 5.56 Å². The summed E-state index contributed by atoms with van der Waals surface area (Å²) in [6, 6.07) is 12.5. The summed E-state index contributed by atoms with van der Waals surface area (Å²) in [4.78, 5) is 30.2. The van der Waals surface area contributed by atoms with E-state index in [4.69, 9.17) is 4.74 Å². The summed E-state index contributed by atoms with van der Waals surface area (Å²) in [5.41, 5.74) is 1.11. The van der Waals surface area contributed by atoms with Crippen molar-refractivity contribution < 1.29 is 14.3 Å². The highest BCUT2D eigenvalue weighted by Crippen LogP contribution is 2.19. The van der Waals surface area contributed by atoms with Crippen LogP contribution in [0.4, 0.5) is 5.69 Å². The molecule has 0 fully saturated rings. The van der Waals surface area contributed by atoms with Gasteiger partial charge in [-0.05, 0) is 37.4 Å². The number of hydrogen-bond donors (Lipinski definition) is 0. The topological polar surface area (TPSA) is 59.5 Å². The van der Waals surface area contributed by atoms with Gasteiger partial charge in [-0.15, -0.1) is 11.8 Å². The Morgan fingerprint density at radius 1 is 1.17 bits per heavy atom. The number of carbonyl (C=O) groups is 2. The zero-order valence-electron chi connectivity index (χ0n) is 13.2. The fourth-order valence-corrected chi connectivity index (χ4v) is 2.57. The molecule has 6 heteroatoms. The molecule has 0 aliphatic heterocycles. The first-order chi connectivity index (χ1) is 11.0. The quantitative estimate of drug-likeness (QED) is 0.623. The fourth-order valence-electron chi connectivity index (χ4n) is 2.03. The molecule has 0 radical (unpaired) electrons. The summed E-state index contributed by atoms with van der Waals surface area (Å²) in [5.74, 6) is -0.844. The molecule has 0 saturated heterocycles. The van der Waals surface area contributed by atoms with Crippen LogP contribution in [-0.4, -0.2) is 36.3 Å². The van der Waals surface area contributed by atoms with Gasteiger partial charge in [0.15, 0.2) is 6.10 Å². The number of anilines is 1. The number of benzene rings is 1. The smallest absolute Gasteiger partial charge is 0.341 e. The number of ether oxygens (including phenoxy) is 1. The number of amides is 1. The molecule has 120 valence electrons. The molecule has 5 nitrogen and oxygen atoms in total. The zero-order chi connectivity index (χ0) is 16.8. The van der Waals surface area contributed by atoms with Gasteiger partial charge >= 0.3 is 5.97 Å². The molecule has 1 heterocycles. The summed E-state index contributed by atoms with van der Waals surface area (Å²) in [6.07, 6.45) is 2.56. The van der Waals surface area contributed by atoms with Crippen LogP contribution in [0.15, 0.2) is 53.7 Å². The minimum Gasteiger partial charge on any atom is -0.449 e. The molecule has 1 aromatic carbocycles. The van der Waals surface area contributed by atoms with Gasteiger partial charge in [-0.1, -0.05) is 18.2 Å². The Balaban J connectivity index is 2.07. The van der Waals surface area contributed by atoms with Gasteiger partial charge in [-0.25, -0.2) is 9.78 Å². The lowest BCUT2D eigenvalue weighted by atomic mass is 10.2. The standard InChI is InChI=1S/C17H18N2O3S/c1-12(16(20)19(2)13-8-5-4-6-9-13)22-17(21)14-10-7-11-18-15(14)23-3/h4-12H,1-3H3/t12-/m0/s1. The van der Waals surface area contributed by atoms with Crippen molar-refractivity contribution in [2.24, 2.45) is 0 Å². The Hall–Kier alpha value is -2.34. The predicted octanol–water partition coefficient (Wildman–Crippen LogP) is 3.01. The Kier molecular flexibility index (Phi) is 5.76. The summed E-state index contributed by atoms with van der Waals surface area (Å²) < 4.78 is 5.30. The molecule has 0 N–H and O–H groups in total. The third-order valence-electron chi connectivity index (χ3n) is 3.29. The van der Waals surface area contributed by atoms with Gasteiger partial charge < -0.3 is 9.64 Å². The van der Waals surface area contributed by atoms with E-state index >= 15 is 0 Å². The molecule has 0 aliphatic carbocycles. The van der Waals surface area contributed by atoms with Gasteiger partial charge in [0.2, 0.25) is 0 Å². The first kappa shape index (κ1) is 17.0. The molecule has 2 aromatic rings. The number of esters is 1. The third kappa shape index (κ3) is 4.10. The highest BCUT2D eigenvalue weighted by atomic mass is 32.2. The average molecular weight is 330 g/mol. The number of likely N-dealkylation sites (N-methyl/N-ethyl adjacent to an activating group) is 1. The van der Waals surface area contributed by atoms with E-state index in [0.29, 0.717) is 10.6 Å². The number of nitrogens with zero attached hydrogens (tertiary/aromatic N) is 2. The summed E-state index contributed by atoms with van der Waals surface area (Å²) in [7, 11) is 1.65. The van der Waals surface area contributed by atoms with Crippen molar-refractivity contribution in [1.82, 2.24) is 4.98 Å². The lowest BCUT2D eigenvalue weighted by Crippen LogP contribution is -2.37. The van der Waals surface area contributed by atoms with Crippen molar-refractivity contribution in [1.29, 1.82) is 0 Å². The zero-order valence-corrected chi connectivity index (χ0v) is 14.0. The Morgan fingerprint density at radius 3 is 2.52 bits per heavy atom. The van der Waals surface area contributed by atoms with Crippen molar-refractivity contribution >= 4 is 29.3 Å². The molecular weight excluding hydrogens is 312 g/mol. The summed E-state index contributed by atoms with van der Waals surface area (Å²) >= 11 is 1.36. The maximum absolute atomic E-state index is 12.4. The van der Waals surface area contributed by atoms with E-state index in [9.17, 15) is 9.59 Å². The van der Waals surface area contributed by atoms with Crippen molar-refractivity contribution in [3.05, 3.63) is 54.2 Å². The van der Waals surface area contributed by atoms with Crippen LogP contribution in [0.5, 0.6) is 0 Å². The molecule has 1 aromatic heterocycles. The maximum Gasteiger partial charge on any atom is 0.341 e. The van der Waals surface area contributed by atoms with Crippen molar-refractivity contribution in [2.75, 3.05) is 18.2 Å². The molecule has 0 spiro atoms. The second-order valence-corrected chi connectivity index (χ2v) is 5.64. The molecule has 23 heavy (non-hydrogen) atoms. The van der Waals surface area contributed by atoms with Gasteiger partial charge in [0, 0.05) is 18.9 Å². The van der Waals surface area contributed by atoms with Crippen molar-refractivity contribution in [2.45, 2.75) is 18.1 Å². The number of hydrogen-bond acceptors (Lipinski definition) is 5. The first-order valence-corrected chi connectivity index (χ1v) is 8.29. The van der Waals surface area contributed by atoms with Crippen LogP contribution < -0.4 is 4.90 Å². The molecule has 0 aliphatic rings. The Labute approximate surface area is 139 Å². The normalized spacial score (nSPS) is 11.6. The van der Waals surface area contributed by atoms with Crippen LogP contribution in [0.2, 0.25) is 0 Å². The lowest BCUT2D eigenvalue weighted by molar-refractivity contribution is -0.126. The molecular formula is C17H18N2O3S. The van der Waals surface area contributed by atoms with Crippen LogP contribution in [0.1, 0.15) is 17.3 Å². The van der Waals surface area contributed by atoms with E-state index in [2.05, 4.69) is 4.98 Å². The SMILES string of the molecule is CSc1ncccc1C(=O)O[C@@H](C)C(=O)N(C)c1ccccc1. The number of thioether (sulfide) groups is 1. The number of para-hydroxylation sites is 1. The maximum atomic E-state index is 12.4. The molecule has 2 rings (SSSR count). The Morgan fingerprint density at radius 2 is 1.87 bits per heavy atom. The molecule has 0 saturated carbocycles. The fraction of sp³-hybridized carbons (Fsp3) is 0.235. The second-order valence-electron chi connectivity index (χ2n) is 4.84. The van der Waals surface area contributed by atoms with Gasteiger partial charge in [0.25, 0.3) is 5.91 Å². The predicted molar refractivity (Wildman–Crippen MR) is 90.7 cm³/mol. The molecule has 1 amide bonds. The highest BCUT2D eigenvalue weighted by Gasteiger charge is 2.24. The Bertz CT molecular complexity index is 691. The van der Waals surface area contributed by atoms with E-state index in [0.717, 1.165) is 5.69 Å². The van der Waals surface area contributed by atoms with E-state index in [1.54, 1.807) is 32.3 Å². The van der Waals surface area contributed by atoms with E-state index < -0.39 is 12.1 Å². The number of carbonyl (C=O) groups excluding carboxylic acids is 2. The van der Waals surface area contributed by atoms with Gasteiger partial charge in [-0.3, -0.25) is 4.79 Å². The molecule has 0 unspecified atom stereocenters. The van der Waals surface area contributed by atoms with Crippen LogP contribution >= 0.6 is 11.8 Å². The van der Waals surface area contributed by atoms with Crippen LogP contribution in [0.25, 0.3) is 0 Å². The monoisotopic (exact) mass is 330 g/mol. The number of rotatable bonds is 5. The third-order valence-corrected chi connectivity index (χ3v) is 4.00. The second kappa shape index (κ2) is 7.78. The molecule has 0 bridgehead atoms. The summed E-state index contributed by atoms with van der Waals surface area (Å²) in [5, 5.41) is 0.577. The van der Waals surface area contributed by atoms with Crippen LogP contribution in [0, 0.1) is 0 Å². The number of aromatic nitrogens is 1. The lowest BCUT2D eigenvalue weighted by Gasteiger charge is -2.21. The highest BCUT2D eigenvalue weighted by molar-refractivity contribution is 7.98. The van der Waals surface area contributed by atoms with Crippen molar-refractivity contribution in [3.8, 4) is 0 Å². The van der Waals surface area contributed by atoms with E-state index in [1.807, 2.05) is 36.6 Å². The first-order valence-electron chi connectivity index (χ1n) is 7.07. The van der Waals surface area contributed by atoms with E-state index in [-0.39, 0.29) is 5.91 Å². The van der Waals surface area contributed by atoms with Crippen molar-refractivity contribution in [3.63, 3.8) is 0 Å². The van der Waals surface area contributed by atoms with Gasteiger partial charge in [0.1, 0.15) is 5.03 Å². The average Bonchev–Trinajstić information content (AvgIpc) is 2.60. The minimum absolute atomic E-state index is 0.292. The summed E-state index contributed by atoms with van der Waals surface area (Å²) in [6.45, 7) is 1.56. The largest absolute Gasteiger partial charge is 0.449 e. The molecule has 1 atom stereocenters. The number of pyridine rings is 1.